The van der Waals surface area contributed by atoms with Crippen LogP contribution in [0.1, 0.15) is 13.8 Å². The summed E-state index contributed by atoms with van der Waals surface area (Å²) in [6.45, 7) is 2.90. The maximum Gasteiger partial charge on any atom is 0.323 e. The first-order valence-corrected chi connectivity index (χ1v) is 6.42. The lowest BCUT2D eigenvalue weighted by molar-refractivity contribution is -0.137. The van der Waals surface area contributed by atoms with E-state index in [1.54, 1.807) is 13.8 Å². The van der Waals surface area contributed by atoms with Gasteiger partial charge in [-0.3, -0.25) is 4.79 Å². The Bertz CT molecular complexity index is 514. The molecule has 0 radical (unpaired) electrons. The fraction of sp³-hybridized carbons (Fsp3) is 0.333. The van der Waals surface area contributed by atoms with Gasteiger partial charge in [0, 0.05) is 11.7 Å². The van der Waals surface area contributed by atoms with Crippen LogP contribution >= 0.6 is 23.2 Å². The number of carbonyl (C=O) groups excluding carboxylic acids is 1. The van der Waals surface area contributed by atoms with Crippen LogP contribution in [0.3, 0.4) is 0 Å². The van der Waals surface area contributed by atoms with Crippen LogP contribution < -0.4 is 5.32 Å². The maximum absolute atomic E-state index is 13.2. The summed E-state index contributed by atoms with van der Waals surface area (Å²) in [6, 6.07) is 1.43. The third kappa shape index (κ3) is 4.25. The van der Waals surface area contributed by atoms with Gasteiger partial charge in [0.15, 0.2) is 5.82 Å². The van der Waals surface area contributed by atoms with Crippen molar-refractivity contribution in [3.63, 3.8) is 0 Å². The molecule has 110 valence electrons. The maximum atomic E-state index is 13.2. The molecule has 0 aliphatic carbocycles. The highest BCUT2D eigenvalue weighted by molar-refractivity contribution is 6.35. The number of nitrogens with one attached hydrogen (secondary N) is 1. The van der Waals surface area contributed by atoms with E-state index in [1.807, 2.05) is 0 Å². The lowest BCUT2D eigenvalue weighted by Crippen LogP contribution is -2.43. The van der Waals surface area contributed by atoms with Crippen molar-refractivity contribution < 1.29 is 19.1 Å². The van der Waals surface area contributed by atoms with Gasteiger partial charge < -0.3 is 15.3 Å². The summed E-state index contributed by atoms with van der Waals surface area (Å²) in [5.74, 6) is -1.92. The first kappa shape index (κ1) is 16.5. The van der Waals surface area contributed by atoms with E-state index in [0.717, 1.165) is 4.90 Å². The van der Waals surface area contributed by atoms with Crippen molar-refractivity contribution in [2.45, 2.75) is 19.9 Å². The van der Waals surface area contributed by atoms with Crippen LogP contribution in [0.15, 0.2) is 12.1 Å². The summed E-state index contributed by atoms with van der Waals surface area (Å²) < 4.78 is 13.2. The Morgan fingerprint density at radius 2 is 1.85 bits per heavy atom. The summed E-state index contributed by atoms with van der Waals surface area (Å²) in [5.41, 5.74) is 0.183. The Morgan fingerprint density at radius 1 is 1.35 bits per heavy atom. The average molecular weight is 323 g/mol. The molecule has 1 rings (SSSR count). The minimum atomic E-state index is -1.14. The molecule has 20 heavy (non-hydrogen) atoms. The number of carbonyl (C=O) groups is 2. The molecule has 0 saturated carbocycles. The third-order valence-corrected chi connectivity index (χ3v) is 2.97. The second-order valence-corrected chi connectivity index (χ2v) is 5.11. The van der Waals surface area contributed by atoms with Gasteiger partial charge in [-0.1, -0.05) is 23.2 Å². The van der Waals surface area contributed by atoms with E-state index in [2.05, 4.69) is 5.32 Å². The van der Waals surface area contributed by atoms with E-state index < -0.39 is 24.4 Å². The van der Waals surface area contributed by atoms with Crippen LogP contribution in [-0.2, 0) is 4.79 Å². The molecule has 0 bridgehead atoms. The van der Waals surface area contributed by atoms with E-state index in [1.165, 1.54) is 12.1 Å². The number of carboxylic acids is 1. The zero-order valence-corrected chi connectivity index (χ0v) is 12.3. The molecule has 0 fully saturated rings. The molecule has 1 aromatic carbocycles. The summed E-state index contributed by atoms with van der Waals surface area (Å²) in [6.07, 6.45) is 0. The fourth-order valence-corrected chi connectivity index (χ4v) is 1.94. The molecule has 5 nitrogen and oxygen atoms in total. The van der Waals surface area contributed by atoms with Gasteiger partial charge in [0.1, 0.15) is 6.54 Å². The highest BCUT2D eigenvalue weighted by Gasteiger charge is 2.20. The number of hydrogen-bond donors (Lipinski definition) is 2. The minimum Gasteiger partial charge on any atom is -0.480 e. The normalized spacial score (nSPS) is 10.5. The van der Waals surface area contributed by atoms with Gasteiger partial charge in [-0.2, -0.15) is 0 Å². The van der Waals surface area contributed by atoms with Crippen molar-refractivity contribution in [1.29, 1.82) is 0 Å². The summed E-state index contributed by atoms with van der Waals surface area (Å²) >= 11 is 11.2. The Labute approximate surface area is 125 Å². The molecular weight excluding hydrogens is 310 g/mol. The number of rotatable bonds is 4. The Kier molecular flexibility index (Phi) is 5.59. The second-order valence-electron chi connectivity index (χ2n) is 4.30. The van der Waals surface area contributed by atoms with E-state index in [9.17, 15) is 14.0 Å². The van der Waals surface area contributed by atoms with E-state index in [-0.39, 0.29) is 21.8 Å². The number of nitrogens with zero attached hydrogens (tertiary/aromatic N) is 1. The van der Waals surface area contributed by atoms with Crippen LogP contribution in [0.2, 0.25) is 10.0 Å². The molecule has 0 heterocycles. The third-order valence-electron chi connectivity index (χ3n) is 2.42. The monoisotopic (exact) mass is 322 g/mol. The number of urea groups is 1. The summed E-state index contributed by atoms with van der Waals surface area (Å²) in [4.78, 5) is 23.8. The number of aliphatic carboxylic acids is 1. The van der Waals surface area contributed by atoms with Crippen LogP contribution in [0.25, 0.3) is 0 Å². The first-order chi connectivity index (χ1) is 9.22. The number of carboxylic acid groups (broad SMARTS) is 1. The fourth-order valence-electron chi connectivity index (χ4n) is 1.46. The van der Waals surface area contributed by atoms with Gasteiger partial charge in [0.05, 0.1) is 10.0 Å². The molecule has 0 aliphatic heterocycles. The Morgan fingerprint density at radius 3 is 2.25 bits per heavy atom. The van der Waals surface area contributed by atoms with Gasteiger partial charge in [0.25, 0.3) is 0 Å². The molecular formula is C12H13Cl2FN2O3. The van der Waals surface area contributed by atoms with Crippen molar-refractivity contribution in [1.82, 2.24) is 4.90 Å². The highest BCUT2D eigenvalue weighted by Crippen LogP contribution is 2.27. The predicted octanol–water partition coefficient (Wildman–Crippen LogP) is 3.46. The van der Waals surface area contributed by atoms with Gasteiger partial charge in [-0.05, 0) is 26.0 Å². The highest BCUT2D eigenvalue weighted by atomic mass is 35.5. The molecule has 2 N–H and O–H groups in total. The number of benzene rings is 1. The van der Waals surface area contributed by atoms with Crippen molar-refractivity contribution in [2.75, 3.05) is 11.9 Å². The van der Waals surface area contributed by atoms with Crippen molar-refractivity contribution in [2.24, 2.45) is 0 Å². The van der Waals surface area contributed by atoms with Gasteiger partial charge in [-0.15, -0.1) is 0 Å². The minimum absolute atomic E-state index is 0.183. The zero-order chi connectivity index (χ0) is 15.4. The molecule has 0 saturated heterocycles. The summed E-state index contributed by atoms with van der Waals surface area (Å²) in [5, 5.41) is 10.7. The van der Waals surface area contributed by atoms with Crippen LogP contribution in [0.5, 0.6) is 0 Å². The number of hydrogen-bond acceptors (Lipinski definition) is 2. The molecule has 0 unspecified atom stereocenters. The average Bonchev–Trinajstić information content (AvgIpc) is 2.32. The van der Waals surface area contributed by atoms with Gasteiger partial charge >= 0.3 is 12.0 Å². The lowest BCUT2D eigenvalue weighted by atomic mass is 10.3. The molecule has 0 spiro atoms. The number of halogens is 3. The molecule has 8 heteroatoms. The standard InChI is InChI=1S/C12H13Cl2FN2O3/c1-6(2)17(5-10(18)19)12(20)16-7-3-8(13)11(15)9(14)4-7/h3-4,6H,5H2,1-2H3,(H,16,20)(H,18,19). The van der Waals surface area contributed by atoms with Crippen molar-refractivity contribution in [3.05, 3.63) is 28.0 Å². The van der Waals surface area contributed by atoms with Gasteiger partial charge in [-0.25, -0.2) is 9.18 Å². The predicted molar refractivity (Wildman–Crippen MR) is 74.9 cm³/mol. The molecule has 2 amide bonds. The smallest absolute Gasteiger partial charge is 0.323 e. The van der Waals surface area contributed by atoms with E-state index >= 15 is 0 Å². The Balaban J connectivity index is 2.91. The first-order valence-electron chi connectivity index (χ1n) is 5.66. The Hall–Kier alpha value is -1.53. The second kappa shape index (κ2) is 6.76. The molecule has 1 aromatic rings. The van der Waals surface area contributed by atoms with Crippen LogP contribution in [0.4, 0.5) is 14.9 Å². The molecule has 0 aliphatic rings. The molecule has 0 aromatic heterocycles. The largest absolute Gasteiger partial charge is 0.480 e. The van der Waals surface area contributed by atoms with Gasteiger partial charge in [0.2, 0.25) is 0 Å². The SMILES string of the molecule is CC(C)N(CC(=O)O)C(=O)Nc1cc(Cl)c(F)c(Cl)c1. The number of amides is 2. The van der Waals surface area contributed by atoms with Crippen LogP contribution in [-0.4, -0.2) is 34.6 Å². The van der Waals surface area contributed by atoms with Crippen LogP contribution in [0, 0.1) is 5.82 Å². The van der Waals surface area contributed by atoms with E-state index in [4.69, 9.17) is 28.3 Å². The quantitative estimate of drug-likeness (QED) is 0.834. The van der Waals surface area contributed by atoms with Crippen molar-refractivity contribution >= 4 is 40.9 Å². The van der Waals surface area contributed by atoms with E-state index in [0.29, 0.717) is 0 Å². The topological polar surface area (TPSA) is 69.6 Å². The lowest BCUT2D eigenvalue weighted by Gasteiger charge is -2.25. The zero-order valence-electron chi connectivity index (χ0n) is 10.8. The summed E-state index contributed by atoms with van der Waals surface area (Å²) in [7, 11) is 0. The van der Waals surface area contributed by atoms with Crippen molar-refractivity contribution in [3.8, 4) is 0 Å². The molecule has 0 atom stereocenters. The number of anilines is 1.